The summed E-state index contributed by atoms with van der Waals surface area (Å²) in [4.78, 5) is 5.20. The Labute approximate surface area is 83.9 Å². The Bertz CT molecular complexity index is 236. The van der Waals surface area contributed by atoms with Crippen LogP contribution in [0, 0.1) is 5.92 Å². The molecule has 0 aliphatic heterocycles. The number of aromatic nitrogens is 1. The van der Waals surface area contributed by atoms with Gasteiger partial charge < -0.3 is 5.73 Å². The number of pyridine rings is 1. The van der Waals surface area contributed by atoms with Crippen LogP contribution in [0.3, 0.4) is 0 Å². The smallest absolute Gasteiger partial charge is 0.0278 e. The summed E-state index contributed by atoms with van der Waals surface area (Å²) in [6.07, 6.45) is 3.62. The second-order valence-corrected chi connectivity index (χ2v) is 4.50. The first-order valence-electron chi connectivity index (χ1n) is 4.48. The van der Waals surface area contributed by atoms with Crippen LogP contribution in [0.2, 0.25) is 0 Å². The fourth-order valence-electron chi connectivity index (χ4n) is 0.819. The molecule has 0 saturated heterocycles. The van der Waals surface area contributed by atoms with Crippen LogP contribution in [-0.2, 0) is 0 Å². The van der Waals surface area contributed by atoms with Crippen molar-refractivity contribution in [2.75, 3.05) is 5.75 Å². The molecule has 1 unspecified atom stereocenters. The molecule has 0 amide bonds. The van der Waals surface area contributed by atoms with E-state index < -0.39 is 0 Å². The van der Waals surface area contributed by atoms with Crippen molar-refractivity contribution < 1.29 is 0 Å². The van der Waals surface area contributed by atoms with E-state index in [0.29, 0.717) is 5.92 Å². The van der Waals surface area contributed by atoms with E-state index in [9.17, 15) is 0 Å². The van der Waals surface area contributed by atoms with Gasteiger partial charge in [-0.25, -0.2) is 0 Å². The van der Waals surface area contributed by atoms with Crippen LogP contribution < -0.4 is 5.73 Å². The largest absolute Gasteiger partial charge is 0.327 e. The number of hydrogen-bond acceptors (Lipinski definition) is 3. The first-order chi connectivity index (χ1) is 6.20. The van der Waals surface area contributed by atoms with Crippen LogP contribution in [0.25, 0.3) is 0 Å². The van der Waals surface area contributed by atoms with Crippen molar-refractivity contribution in [1.82, 2.24) is 4.98 Å². The van der Waals surface area contributed by atoms with Gasteiger partial charge in [0.2, 0.25) is 0 Å². The van der Waals surface area contributed by atoms with Gasteiger partial charge in [0.15, 0.2) is 0 Å². The van der Waals surface area contributed by atoms with E-state index in [4.69, 9.17) is 5.73 Å². The maximum Gasteiger partial charge on any atom is 0.0278 e. The van der Waals surface area contributed by atoms with Gasteiger partial charge >= 0.3 is 0 Å². The molecular weight excluding hydrogens is 180 g/mol. The molecule has 0 aromatic carbocycles. The number of hydrogen-bond donors (Lipinski definition) is 1. The zero-order valence-electron chi connectivity index (χ0n) is 8.10. The molecular formula is C10H16N2S. The van der Waals surface area contributed by atoms with Crippen molar-refractivity contribution in [1.29, 1.82) is 0 Å². The maximum absolute atomic E-state index is 5.93. The molecule has 0 saturated carbocycles. The lowest BCUT2D eigenvalue weighted by atomic mass is 10.1. The second-order valence-electron chi connectivity index (χ2n) is 3.40. The summed E-state index contributed by atoms with van der Waals surface area (Å²) in [7, 11) is 0. The minimum absolute atomic E-state index is 0.276. The highest BCUT2D eigenvalue weighted by Crippen LogP contribution is 2.18. The van der Waals surface area contributed by atoms with E-state index in [2.05, 4.69) is 18.8 Å². The molecule has 2 N–H and O–H groups in total. The van der Waals surface area contributed by atoms with E-state index in [0.717, 1.165) is 5.75 Å². The van der Waals surface area contributed by atoms with Crippen LogP contribution in [0.15, 0.2) is 29.4 Å². The summed E-state index contributed by atoms with van der Waals surface area (Å²) < 4.78 is 0. The summed E-state index contributed by atoms with van der Waals surface area (Å²) in [5, 5.41) is 0. The monoisotopic (exact) mass is 196 g/mol. The Morgan fingerprint density at radius 1 is 1.38 bits per heavy atom. The number of rotatable bonds is 4. The highest BCUT2D eigenvalue weighted by molar-refractivity contribution is 7.99. The average molecular weight is 196 g/mol. The molecule has 1 aromatic rings. The molecule has 13 heavy (non-hydrogen) atoms. The van der Waals surface area contributed by atoms with E-state index in [1.54, 1.807) is 11.8 Å². The van der Waals surface area contributed by atoms with Gasteiger partial charge in [-0.15, -0.1) is 11.8 Å². The number of nitrogens with zero attached hydrogens (tertiary/aromatic N) is 1. The van der Waals surface area contributed by atoms with Crippen molar-refractivity contribution in [3.8, 4) is 0 Å². The van der Waals surface area contributed by atoms with Gasteiger partial charge in [-0.2, -0.15) is 0 Å². The van der Waals surface area contributed by atoms with Crippen molar-refractivity contribution in [2.24, 2.45) is 11.7 Å². The Hall–Kier alpha value is -0.540. The summed E-state index contributed by atoms with van der Waals surface area (Å²) in [5.74, 6) is 1.52. The number of nitrogens with two attached hydrogens (primary N) is 1. The lowest BCUT2D eigenvalue weighted by Gasteiger charge is -2.14. The third-order valence-electron chi connectivity index (χ3n) is 1.95. The Morgan fingerprint density at radius 2 is 2.00 bits per heavy atom. The molecule has 2 nitrogen and oxygen atoms in total. The third kappa shape index (κ3) is 3.79. The minimum Gasteiger partial charge on any atom is -0.327 e. The lowest BCUT2D eigenvalue weighted by Crippen LogP contribution is -2.28. The van der Waals surface area contributed by atoms with Gasteiger partial charge in [0.25, 0.3) is 0 Å². The van der Waals surface area contributed by atoms with Gasteiger partial charge in [0.05, 0.1) is 0 Å². The maximum atomic E-state index is 5.93. The topological polar surface area (TPSA) is 38.9 Å². The van der Waals surface area contributed by atoms with Gasteiger partial charge in [-0.3, -0.25) is 4.98 Å². The number of thioether (sulfide) groups is 1. The van der Waals surface area contributed by atoms with Crippen molar-refractivity contribution in [3.05, 3.63) is 24.5 Å². The van der Waals surface area contributed by atoms with Crippen LogP contribution in [0.5, 0.6) is 0 Å². The Kier molecular flexibility index (Phi) is 4.25. The van der Waals surface area contributed by atoms with E-state index in [1.165, 1.54) is 4.90 Å². The van der Waals surface area contributed by atoms with E-state index in [-0.39, 0.29) is 6.04 Å². The molecule has 0 aliphatic carbocycles. The third-order valence-corrected chi connectivity index (χ3v) is 3.11. The Balaban J connectivity index is 2.35. The minimum atomic E-state index is 0.276. The highest BCUT2D eigenvalue weighted by atomic mass is 32.2. The summed E-state index contributed by atoms with van der Waals surface area (Å²) >= 11 is 1.79. The molecule has 0 bridgehead atoms. The standard InChI is InChI=1S/C10H16N2S/c1-8(2)10(11)7-13-9-3-5-12-6-4-9/h3-6,8,10H,7,11H2,1-2H3. The first-order valence-corrected chi connectivity index (χ1v) is 5.47. The van der Waals surface area contributed by atoms with Gasteiger partial charge in [-0.1, -0.05) is 13.8 Å². The average Bonchev–Trinajstić information content (AvgIpc) is 2.15. The second kappa shape index (κ2) is 5.25. The predicted molar refractivity (Wildman–Crippen MR) is 57.8 cm³/mol. The van der Waals surface area contributed by atoms with E-state index >= 15 is 0 Å². The van der Waals surface area contributed by atoms with E-state index in [1.807, 2.05) is 24.5 Å². The fraction of sp³-hybridized carbons (Fsp3) is 0.500. The van der Waals surface area contributed by atoms with Crippen LogP contribution in [0.1, 0.15) is 13.8 Å². The van der Waals surface area contributed by atoms with Crippen molar-refractivity contribution in [3.63, 3.8) is 0 Å². The lowest BCUT2D eigenvalue weighted by molar-refractivity contribution is 0.535. The quantitative estimate of drug-likeness (QED) is 0.750. The predicted octanol–water partition coefficient (Wildman–Crippen LogP) is 2.16. The van der Waals surface area contributed by atoms with Crippen LogP contribution in [0.4, 0.5) is 0 Å². The fourth-order valence-corrected chi connectivity index (χ4v) is 1.90. The molecule has 0 fully saturated rings. The van der Waals surface area contributed by atoms with Crippen molar-refractivity contribution >= 4 is 11.8 Å². The summed E-state index contributed by atoms with van der Waals surface area (Å²) in [5.41, 5.74) is 5.93. The first kappa shape index (κ1) is 10.5. The highest BCUT2D eigenvalue weighted by Gasteiger charge is 2.07. The van der Waals surface area contributed by atoms with Crippen LogP contribution >= 0.6 is 11.8 Å². The molecule has 1 aromatic heterocycles. The van der Waals surface area contributed by atoms with Crippen molar-refractivity contribution in [2.45, 2.75) is 24.8 Å². The normalized spacial score (nSPS) is 13.2. The SMILES string of the molecule is CC(C)C(N)CSc1ccncc1. The molecule has 0 spiro atoms. The molecule has 0 radical (unpaired) electrons. The zero-order chi connectivity index (χ0) is 9.68. The van der Waals surface area contributed by atoms with Gasteiger partial charge in [0, 0.05) is 29.1 Å². The van der Waals surface area contributed by atoms with Crippen LogP contribution in [-0.4, -0.2) is 16.8 Å². The summed E-state index contributed by atoms with van der Waals surface area (Å²) in [6.45, 7) is 4.30. The Morgan fingerprint density at radius 3 is 2.54 bits per heavy atom. The molecule has 1 heterocycles. The summed E-state index contributed by atoms with van der Waals surface area (Å²) in [6, 6.07) is 4.30. The molecule has 72 valence electrons. The molecule has 0 aliphatic rings. The zero-order valence-corrected chi connectivity index (χ0v) is 8.92. The molecule has 1 atom stereocenters. The van der Waals surface area contributed by atoms with Gasteiger partial charge in [0.1, 0.15) is 0 Å². The van der Waals surface area contributed by atoms with Gasteiger partial charge in [-0.05, 0) is 18.1 Å². The molecule has 1 rings (SSSR count). The molecule has 3 heteroatoms.